The minimum atomic E-state index is 0.977. The maximum atomic E-state index is 12.5. The summed E-state index contributed by atoms with van der Waals surface area (Å²) < 4.78 is 1.62. The Kier molecular flexibility index (Phi) is 63.9. The summed E-state index contributed by atoms with van der Waals surface area (Å²) in [5.74, 6) is 0. The van der Waals surface area contributed by atoms with Crippen molar-refractivity contribution in [3.05, 3.63) is 87.0 Å². The van der Waals surface area contributed by atoms with E-state index in [1.807, 2.05) is 14.4 Å². The van der Waals surface area contributed by atoms with E-state index in [9.17, 15) is 5.53 Å². The van der Waals surface area contributed by atoms with Crippen LogP contribution in [0.2, 0.25) is 10.8 Å². The molecule has 0 aromatic heterocycles. The van der Waals surface area contributed by atoms with Crippen molar-refractivity contribution in [3.63, 3.8) is 0 Å². The summed E-state index contributed by atoms with van der Waals surface area (Å²) >= 11 is 1.94. The van der Waals surface area contributed by atoms with Crippen LogP contribution in [0.25, 0.3) is 16.9 Å². The zero-order valence-electron chi connectivity index (χ0n) is 64.8. The Balaban J connectivity index is 0.00000309. The van der Waals surface area contributed by atoms with Crippen molar-refractivity contribution < 1.29 is 19.1 Å². The zero-order chi connectivity index (χ0) is 67.5. The molecule has 2 aromatic carbocycles. The molecule has 0 bridgehead atoms. The quantitative estimate of drug-likeness (QED) is 0.0358. The first-order valence-corrected chi connectivity index (χ1v) is 44.5. The number of unbranched alkanes of at least 4 members (excludes halogenated alkanes) is 54. The fourth-order valence-corrected chi connectivity index (χ4v) is 15.8. The second kappa shape index (κ2) is 68.2. The first-order valence-electron chi connectivity index (χ1n) is 43.1. The summed E-state index contributed by atoms with van der Waals surface area (Å²) in [5, 5.41) is 2.78. The first-order chi connectivity index (χ1) is 46.5. The predicted molar refractivity (Wildman–Crippen MR) is 422 cm³/mol. The van der Waals surface area contributed by atoms with Crippen LogP contribution in [0.5, 0.6) is 0 Å². The van der Waals surface area contributed by atoms with Crippen LogP contribution in [0.1, 0.15) is 480 Å². The van der Waals surface area contributed by atoms with Gasteiger partial charge in [-0.05, 0) is 111 Å². The van der Waals surface area contributed by atoms with Gasteiger partial charge in [0.2, 0.25) is 11.4 Å². The van der Waals surface area contributed by atoms with Crippen molar-refractivity contribution in [3.8, 4) is 0 Å². The third-order valence-corrected chi connectivity index (χ3v) is 22.1. The number of benzene rings is 2. The van der Waals surface area contributed by atoms with Crippen LogP contribution < -0.4 is 0 Å². The van der Waals surface area contributed by atoms with E-state index < -0.39 is 0 Å². The maximum absolute atomic E-state index is 12.5. The van der Waals surface area contributed by atoms with Crippen LogP contribution in [-0.4, -0.2) is 4.70 Å². The average molecular weight is 1350 g/mol. The van der Waals surface area contributed by atoms with Gasteiger partial charge in [-0.15, -0.1) is 0 Å². The predicted octanol–water partition coefficient (Wildman–Crippen LogP) is 32.9. The molecule has 0 saturated carbocycles. The van der Waals surface area contributed by atoms with Gasteiger partial charge in [-0.3, -0.25) is 0 Å². The third-order valence-electron chi connectivity index (χ3n) is 20.7. The Labute approximate surface area is 596 Å². The Morgan fingerprint density at radius 1 is 0.234 bits per heavy atom. The van der Waals surface area contributed by atoms with E-state index in [-0.39, 0.29) is 0 Å². The fourth-order valence-electron chi connectivity index (χ4n) is 14.4. The van der Waals surface area contributed by atoms with Crippen LogP contribution in [0.15, 0.2) is 48.0 Å². The molecular weight excluding hydrogens is 1180 g/mol. The molecule has 0 saturated heterocycles. The topological polar surface area (TPSA) is 25.3 Å². The average Bonchev–Trinajstić information content (AvgIpc) is 1.61. The van der Waals surface area contributed by atoms with Crippen molar-refractivity contribution >= 4 is 11.4 Å². The van der Waals surface area contributed by atoms with Crippen molar-refractivity contribution in [2.24, 2.45) is 0 Å². The summed E-state index contributed by atoms with van der Waals surface area (Å²) in [6.45, 7) is 16.0. The summed E-state index contributed by atoms with van der Waals surface area (Å²) in [6.07, 6.45) is 93.6. The SMILES string of the molecule is CCCCCCCCCCCCCCCCCCCCCCCCCCCc1cc(CCCCCCCCCCCCCCCCCCCCCCCCCCC)cc(C2=C(CCCCC)C=C(c3cc(CCCC)cc(CCCC)c3)[N+]2=[N-])c1.CCC[CH2][Ni][CH2]CCC. The van der Waals surface area contributed by atoms with Gasteiger partial charge in [0, 0.05) is 22.8 Å². The van der Waals surface area contributed by atoms with Crippen molar-refractivity contribution in [2.75, 3.05) is 0 Å². The molecule has 0 aliphatic carbocycles. The zero-order valence-corrected chi connectivity index (χ0v) is 65.8. The number of nitrogens with zero attached hydrogens (tertiary/aromatic N) is 2. The molecule has 0 amide bonds. The van der Waals surface area contributed by atoms with E-state index in [0.717, 1.165) is 49.9 Å². The van der Waals surface area contributed by atoms with Crippen LogP contribution in [0.3, 0.4) is 0 Å². The van der Waals surface area contributed by atoms with Gasteiger partial charge in [0.1, 0.15) is 0 Å². The molecule has 2 nitrogen and oxygen atoms in total. The third kappa shape index (κ3) is 50.4. The van der Waals surface area contributed by atoms with E-state index in [2.05, 4.69) is 90.9 Å². The van der Waals surface area contributed by atoms with Gasteiger partial charge >= 0.3 is 64.8 Å². The molecule has 0 atom stereocenters. The number of aryl methyl sites for hydroxylation is 4. The summed E-state index contributed by atoms with van der Waals surface area (Å²) in [6, 6.07) is 14.7. The van der Waals surface area contributed by atoms with E-state index in [4.69, 9.17) is 0 Å². The Morgan fingerprint density at radius 2 is 0.447 bits per heavy atom. The number of hydrogen-bond donors (Lipinski definition) is 0. The molecule has 2 aromatic rings. The van der Waals surface area contributed by atoms with E-state index in [1.54, 1.807) is 4.70 Å². The van der Waals surface area contributed by atoms with Gasteiger partial charge in [-0.2, -0.15) is 0 Å². The van der Waals surface area contributed by atoms with Crippen LogP contribution in [0.4, 0.5) is 0 Å². The molecule has 3 rings (SSSR count). The van der Waals surface area contributed by atoms with E-state index >= 15 is 0 Å². The molecule has 0 N–H and O–H groups in total. The van der Waals surface area contributed by atoms with Crippen LogP contribution >= 0.6 is 0 Å². The molecular formula is C91H164N2Ni. The molecule has 1 heterocycles. The van der Waals surface area contributed by atoms with Crippen LogP contribution in [-0.2, 0) is 40.1 Å². The monoisotopic (exact) mass is 1340 g/mol. The molecule has 0 radical (unpaired) electrons. The first kappa shape index (κ1) is 88.1. The van der Waals surface area contributed by atoms with Crippen molar-refractivity contribution in [1.82, 2.24) is 0 Å². The summed E-state index contributed by atoms with van der Waals surface area (Å²) in [5.41, 5.74) is 24.0. The van der Waals surface area contributed by atoms with E-state index in [1.165, 1.54) is 435 Å². The molecule has 0 fully saturated rings. The fraction of sp³-hybridized carbons (Fsp3) is 0.824. The molecule has 548 valence electrons. The van der Waals surface area contributed by atoms with Crippen molar-refractivity contribution in [1.29, 1.82) is 0 Å². The molecule has 1 aliphatic rings. The van der Waals surface area contributed by atoms with Gasteiger partial charge in [0.25, 0.3) is 0 Å². The number of rotatable bonds is 70. The van der Waals surface area contributed by atoms with Gasteiger partial charge < -0.3 is 5.53 Å². The minimum absolute atomic E-state index is 0.977. The Bertz CT molecular complexity index is 1920. The van der Waals surface area contributed by atoms with Gasteiger partial charge in [-0.25, -0.2) is 4.70 Å². The number of hydrogen-bond acceptors (Lipinski definition) is 0. The summed E-state index contributed by atoms with van der Waals surface area (Å²) in [4.78, 5) is 0. The number of allylic oxidation sites excluding steroid dienone is 2. The standard InChI is InChI=1S/C83H146N2.2C4H9.Ni/c1-6-11-16-18-20-22-24-26-28-30-32-34-36-38-40-42-44-46-48-50-52-54-56-58-61-65-77-69-78(66-62-59-57-55-53-51-49-47-45-43-41-39-37-35-33-31-29-27-25-23-21-19-17-12-7-2)73-81(72-77)83-79(67-60-13-8-3)74-82(85(83)84)80-70-75(63-14-9-4)68-76(71-80)64-15-10-5;2*1-3-4-2;/h68-74H,6-67H2,1-5H3;2*1,3-4H2,2H3;. The molecule has 3 heteroatoms. The van der Waals surface area contributed by atoms with Gasteiger partial charge in [-0.1, -0.05) is 381 Å². The molecule has 0 unspecified atom stereocenters. The molecule has 0 spiro atoms. The Hall–Kier alpha value is -1.99. The molecule has 94 heavy (non-hydrogen) atoms. The Morgan fingerprint density at radius 3 is 0.713 bits per heavy atom. The second-order valence-electron chi connectivity index (χ2n) is 30.1. The normalized spacial score (nSPS) is 12.5. The van der Waals surface area contributed by atoms with Crippen molar-refractivity contribution in [2.45, 2.75) is 483 Å². The summed E-state index contributed by atoms with van der Waals surface area (Å²) in [7, 11) is 0. The second-order valence-corrected chi connectivity index (χ2v) is 31.6. The van der Waals surface area contributed by atoms with E-state index in [0.29, 0.717) is 0 Å². The van der Waals surface area contributed by atoms with Crippen LogP contribution in [0, 0.1) is 0 Å². The molecule has 1 aliphatic heterocycles. The van der Waals surface area contributed by atoms with Gasteiger partial charge in [0.05, 0.1) is 0 Å². The van der Waals surface area contributed by atoms with Gasteiger partial charge in [0.15, 0.2) is 0 Å².